The Kier molecular flexibility index (Phi) is 5.80. The van der Waals surface area contributed by atoms with E-state index in [0.29, 0.717) is 6.04 Å². The summed E-state index contributed by atoms with van der Waals surface area (Å²) in [5.41, 5.74) is 8.93. The summed E-state index contributed by atoms with van der Waals surface area (Å²) in [5.74, 6) is 0.804. The molecule has 0 radical (unpaired) electrons. The van der Waals surface area contributed by atoms with E-state index in [9.17, 15) is 0 Å². The number of piperidine rings is 1. The molecule has 2 N–H and O–H groups in total. The van der Waals surface area contributed by atoms with Crippen LogP contribution in [-0.2, 0) is 0 Å². The number of aryl methyl sites for hydroxylation is 1. The van der Waals surface area contributed by atoms with Gasteiger partial charge in [-0.25, -0.2) is 0 Å². The summed E-state index contributed by atoms with van der Waals surface area (Å²) >= 11 is 0. The zero-order valence-electron chi connectivity index (χ0n) is 14.0. The van der Waals surface area contributed by atoms with E-state index in [1.54, 1.807) is 0 Å². The maximum atomic E-state index is 6.28. The highest BCUT2D eigenvalue weighted by Crippen LogP contribution is 2.26. The fraction of sp³-hybridized carbons (Fsp3) is 0.667. The van der Waals surface area contributed by atoms with Crippen LogP contribution in [0.4, 0.5) is 0 Å². The second-order valence-electron chi connectivity index (χ2n) is 6.90. The summed E-state index contributed by atoms with van der Waals surface area (Å²) in [6.45, 7) is 7.86. The first kappa shape index (κ1) is 16.5. The Labute approximate surface area is 130 Å². The SMILES string of the molecule is Cc1ccc(C(C(C)N)N(C)CC2CCN(C)CC2)cc1. The molecule has 0 aliphatic carbocycles. The predicted molar refractivity (Wildman–Crippen MR) is 90.4 cm³/mol. The summed E-state index contributed by atoms with van der Waals surface area (Å²) in [6.07, 6.45) is 2.61. The molecule has 1 aromatic rings. The molecule has 0 aromatic heterocycles. The zero-order valence-corrected chi connectivity index (χ0v) is 14.0. The smallest absolute Gasteiger partial charge is 0.0493 e. The van der Waals surface area contributed by atoms with Gasteiger partial charge >= 0.3 is 0 Å². The Morgan fingerprint density at radius 1 is 1.24 bits per heavy atom. The molecule has 3 heteroatoms. The monoisotopic (exact) mass is 289 g/mol. The standard InChI is InChI=1S/C18H31N3/c1-14-5-7-17(8-6-14)18(15(2)19)21(4)13-16-9-11-20(3)12-10-16/h5-8,15-16,18H,9-13,19H2,1-4H3. The topological polar surface area (TPSA) is 32.5 Å². The van der Waals surface area contributed by atoms with Crippen molar-refractivity contribution in [3.05, 3.63) is 35.4 Å². The van der Waals surface area contributed by atoms with E-state index in [1.807, 2.05) is 0 Å². The number of likely N-dealkylation sites (N-methyl/N-ethyl adjacent to an activating group) is 1. The second-order valence-corrected chi connectivity index (χ2v) is 6.90. The quantitative estimate of drug-likeness (QED) is 0.904. The van der Waals surface area contributed by atoms with Crippen molar-refractivity contribution in [3.63, 3.8) is 0 Å². The van der Waals surface area contributed by atoms with Crippen molar-refractivity contribution < 1.29 is 0 Å². The molecule has 1 aliphatic heterocycles. The molecule has 0 saturated carbocycles. The number of benzene rings is 1. The van der Waals surface area contributed by atoms with Crippen LogP contribution in [0.2, 0.25) is 0 Å². The molecule has 2 atom stereocenters. The van der Waals surface area contributed by atoms with Gasteiger partial charge in [0.2, 0.25) is 0 Å². The number of rotatable bonds is 5. The van der Waals surface area contributed by atoms with Crippen molar-refractivity contribution in [1.29, 1.82) is 0 Å². The average molecular weight is 289 g/mol. The fourth-order valence-corrected chi connectivity index (χ4v) is 3.49. The van der Waals surface area contributed by atoms with E-state index in [1.165, 1.54) is 37.1 Å². The van der Waals surface area contributed by atoms with Crippen LogP contribution in [0, 0.1) is 12.8 Å². The Bertz CT molecular complexity index is 419. The lowest BCUT2D eigenvalue weighted by atomic mass is 9.93. The summed E-state index contributed by atoms with van der Waals surface area (Å²) in [6, 6.07) is 9.29. The molecule has 0 spiro atoms. The first-order valence-corrected chi connectivity index (χ1v) is 8.18. The van der Waals surface area contributed by atoms with Crippen LogP contribution in [0.5, 0.6) is 0 Å². The molecule has 1 aromatic carbocycles. The summed E-state index contributed by atoms with van der Waals surface area (Å²) in [5, 5.41) is 0. The predicted octanol–water partition coefficient (Wildman–Crippen LogP) is 2.66. The minimum absolute atomic E-state index is 0.143. The van der Waals surface area contributed by atoms with Crippen molar-refractivity contribution in [2.24, 2.45) is 11.7 Å². The molecule has 0 amide bonds. The molecule has 118 valence electrons. The fourth-order valence-electron chi connectivity index (χ4n) is 3.49. The largest absolute Gasteiger partial charge is 0.326 e. The van der Waals surface area contributed by atoms with Crippen molar-refractivity contribution in [2.75, 3.05) is 33.7 Å². The number of hydrogen-bond acceptors (Lipinski definition) is 3. The van der Waals surface area contributed by atoms with Gasteiger partial charge in [0, 0.05) is 18.6 Å². The normalized spacial score (nSPS) is 20.7. The van der Waals surface area contributed by atoms with Crippen LogP contribution >= 0.6 is 0 Å². The van der Waals surface area contributed by atoms with E-state index < -0.39 is 0 Å². The minimum atomic E-state index is 0.143. The van der Waals surface area contributed by atoms with Crippen LogP contribution in [0.3, 0.4) is 0 Å². The lowest BCUT2D eigenvalue weighted by molar-refractivity contribution is 0.140. The first-order chi connectivity index (χ1) is 9.97. The third-order valence-electron chi connectivity index (χ3n) is 4.78. The van der Waals surface area contributed by atoms with Gasteiger partial charge in [0.15, 0.2) is 0 Å². The average Bonchev–Trinajstić information content (AvgIpc) is 2.43. The highest BCUT2D eigenvalue weighted by molar-refractivity contribution is 5.25. The van der Waals surface area contributed by atoms with Gasteiger partial charge in [0.25, 0.3) is 0 Å². The van der Waals surface area contributed by atoms with E-state index in [0.717, 1.165) is 12.5 Å². The Morgan fingerprint density at radius 2 is 1.81 bits per heavy atom. The van der Waals surface area contributed by atoms with Gasteiger partial charge in [-0.2, -0.15) is 0 Å². The highest BCUT2D eigenvalue weighted by atomic mass is 15.2. The van der Waals surface area contributed by atoms with Crippen LogP contribution in [0.25, 0.3) is 0 Å². The molecule has 2 rings (SSSR count). The summed E-state index contributed by atoms with van der Waals surface area (Å²) in [4.78, 5) is 4.89. The molecule has 21 heavy (non-hydrogen) atoms. The third kappa shape index (κ3) is 4.53. The van der Waals surface area contributed by atoms with E-state index in [-0.39, 0.29) is 6.04 Å². The van der Waals surface area contributed by atoms with Crippen LogP contribution < -0.4 is 5.73 Å². The van der Waals surface area contributed by atoms with E-state index >= 15 is 0 Å². The van der Waals surface area contributed by atoms with Crippen molar-refractivity contribution in [2.45, 2.75) is 38.8 Å². The summed E-state index contributed by atoms with van der Waals surface area (Å²) in [7, 11) is 4.45. The van der Waals surface area contributed by atoms with Gasteiger partial charge in [-0.15, -0.1) is 0 Å². The Morgan fingerprint density at radius 3 is 2.33 bits per heavy atom. The molecule has 3 nitrogen and oxygen atoms in total. The highest BCUT2D eigenvalue weighted by Gasteiger charge is 2.25. The molecular weight excluding hydrogens is 258 g/mol. The van der Waals surface area contributed by atoms with E-state index in [2.05, 4.69) is 62.0 Å². The van der Waals surface area contributed by atoms with E-state index in [4.69, 9.17) is 5.73 Å². The Balaban J connectivity index is 2.02. The molecule has 2 unspecified atom stereocenters. The van der Waals surface area contributed by atoms with Crippen LogP contribution in [0.15, 0.2) is 24.3 Å². The first-order valence-electron chi connectivity index (χ1n) is 8.18. The van der Waals surface area contributed by atoms with Crippen molar-refractivity contribution >= 4 is 0 Å². The molecular formula is C18H31N3. The van der Waals surface area contributed by atoms with Gasteiger partial charge in [-0.3, -0.25) is 4.90 Å². The molecule has 1 heterocycles. The lowest BCUT2D eigenvalue weighted by Gasteiger charge is -2.36. The number of likely N-dealkylation sites (tertiary alicyclic amines) is 1. The van der Waals surface area contributed by atoms with Gasteiger partial charge in [0.05, 0.1) is 0 Å². The number of nitrogens with two attached hydrogens (primary N) is 1. The number of nitrogens with zero attached hydrogens (tertiary/aromatic N) is 2. The summed E-state index contributed by atoms with van der Waals surface area (Å²) < 4.78 is 0. The molecule has 1 fully saturated rings. The van der Waals surface area contributed by atoms with Gasteiger partial charge in [-0.05, 0) is 65.4 Å². The maximum Gasteiger partial charge on any atom is 0.0493 e. The van der Waals surface area contributed by atoms with Gasteiger partial charge < -0.3 is 10.6 Å². The van der Waals surface area contributed by atoms with Crippen molar-refractivity contribution in [1.82, 2.24) is 9.80 Å². The lowest BCUT2D eigenvalue weighted by Crippen LogP contribution is -2.41. The molecule has 0 bridgehead atoms. The van der Waals surface area contributed by atoms with Crippen LogP contribution in [-0.4, -0.2) is 49.6 Å². The molecule has 1 aliphatic rings. The molecule has 1 saturated heterocycles. The zero-order chi connectivity index (χ0) is 15.4. The minimum Gasteiger partial charge on any atom is -0.326 e. The number of hydrogen-bond donors (Lipinski definition) is 1. The van der Waals surface area contributed by atoms with Gasteiger partial charge in [0.1, 0.15) is 0 Å². The van der Waals surface area contributed by atoms with Crippen molar-refractivity contribution in [3.8, 4) is 0 Å². The third-order valence-corrected chi connectivity index (χ3v) is 4.78. The maximum absolute atomic E-state index is 6.28. The second kappa shape index (κ2) is 7.39. The van der Waals surface area contributed by atoms with Crippen LogP contribution in [0.1, 0.15) is 36.9 Å². The Hall–Kier alpha value is -0.900. The van der Waals surface area contributed by atoms with Gasteiger partial charge in [-0.1, -0.05) is 29.8 Å².